The number of nitrogens with one attached hydrogen (secondary N) is 1. The predicted molar refractivity (Wildman–Crippen MR) is 102 cm³/mol. The van der Waals surface area contributed by atoms with Crippen LogP contribution in [0, 0.1) is 6.92 Å². The van der Waals surface area contributed by atoms with E-state index in [-0.39, 0.29) is 12.5 Å². The monoisotopic (exact) mass is 354 g/mol. The van der Waals surface area contributed by atoms with Crippen molar-refractivity contribution in [1.29, 1.82) is 0 Å². The molecule has 2 aromatic carbocycles. The Morgan fingerprint density at radius 2 is 1.81 bits per heavy atom. The molecule has 2 aromatic rings. The molecule has 5 nitrogen and oxygen atoms in total. The van der Waals surface area contributed by atoms with Gasteiger partial charge in [0.1, 0.15) is 11.3 Å². The molecular weight excluding hydrogens is 328 g/mol. The molecule has 0 bridgehead atoms. The zero-order chi connectivity index (χ0) is 19.3. The first-order valence-corrected chi connectivity index (χ1v) is 8.64. The zero-order valence-corrected chi connectivity index (χ0v) is 15.7. The third-order valence-electron chi connectivity index (χ3n) is 4.38. The molecule has 0 saturated carbocycles. The highest BCUT2D eigenvalue weighted by molar-refractivity contribution is 5.91. The molecule has 0 unspecified atom stereocenters. The Morgan fingerprint density at radius 1 is 1.15 bits per heavy atom. The third kappa shape index (κ3) is 4.42. The Morgan fingerprint density at radius 3 is 2.38 bits per heavy atom. The number of benzene rings is 2. The zero-order valence-electron chi connectivity index (χ0n) is 15.7. The second kappa shape index (κ2) is 8.04. The molecule has 0 aliphatic carbocycles. The molecule has 0 aliphatic heterocycles. The van der Waals surface area contributed by atoms with E-state index >= 15 is 0 Å². The molecule has 0 saturated heterocycles. The molecule has 0 fully saturated rings. The maximum absolute atomic E-state index is 12.4. The van der Waals surface area contributed by atoms with Crippen molar-refractivity contribution in [1.82, 2.24) is 5.32 Å². The van der Waals surface area contributed by atoms with Gasteiger partial charge in [0, 0.05) is 0 Å². The Bertz CT molecular complexity index is 787. The van der Waals surface area contributed by atoms with Crippen LogP contribution in [-0.2, 0) is 15.1 Å². The van der Waals surface area contributed by atoms with Crippen molar-refractivity contribution in [2.24, 2.45) is 5.73 Å². The van der Waals surface area contributed by atoms with Crippen LogP contribution in [0.3, 0.4) is 0 Å². The summed E-state index contributed by atoms with van der Waals surface area (Å²) in [4.78, 5) is 24.4. The van der Waals surface area contributed by atoms with Crippen molar-refractivity contribution in [3.05, 3.63) is 65.2 Å². The number of carbonyl (C=O) groups excluding carboxylic acids is 2. The SMILES string of the molecule is Cc1ccc(C(C)C)c(OCC(=O)N[C@@](C)(C(N)=O)c2ccccc2)c1. The number of rotatable bonds is 7. The fraction of sp³-hybridized carbons (Fsp3) is 0.333. The van der Waals surface area contributed by atoms with Gasteiger partial charge < -0.3 is 15.8 Å². The normalized spacial score (nSPS) is 13.1. The maximum atomic E-state index is 12.4. The molecule has 2 amide bonds. The van der Waals surface area contributed by atoms with Crippen molar-refractivity contribution < 1.29 is 14.3 Å². The quantitative estimate of drug-likeness (QED) is 0.802. The first kappa shape index (κ1) is 19.5. The van der Waals surface area contributed by atoms with E-state index in [1.54, 1.807) is 31.2 Å². The van der Waals surface area contributed by atoms with Crippen LogP contribution in [0.25, 0.3) is 0 Å². The fourth-order valence-corrected chi connectivity index (χ4v) is 2.75. The summed E-state index contributed by atoms with van der Waals surface area (Å²) in [6, 6.07) is 14.9. The lowest BCUT2D eigenvalue weighted by molar-refractivity contribution is -0.132. The molecule has 2 rings (SSSR count). The number of carbonyl (C=O) groups is 2. The summed E-state index contributed by atoms with van der Waals surface area (Å²) in [5.41, 5.74) is 6.96. The van der Waals surface area contributed by atoms with Crippen molar-refractivity contribution in [3.8, 4) is 5.75 Å². The minimum absolute atomic E-state index is 0.196. The average molecular weight is 354 g/mol. The van der Waals surface area contributed by atoms with E-state index in [0.29, 0.717) is 11.3 Å². The summed E-state index contributed by atoms with van der Waals surface area (Å²) in [5.74, 6) is -0.0913. The van der Waals surface area contributed by atoms with Crippen LogP contribution in [-0.4, -0.2) is 18.4 Å². The molecule has 26 heavy (non-hydrogen) atoms. The number of ether oxygens (including phenoxy) is 1. The summed E-state index contributed by atoms with van der Waals surface area (Å²) in [7, 11) is 0. The van der Waals surface area contributed by atoms with Crippen molar-refractivity contribution >= 4 is 11.8 Å². The van der Waals surface area contributed by atoms with E-state index < -0.39 is 17.4 Å². The second-order valence-corrected chi connectivity index (χ2v) is 6.89. The van der Waals surface area contributed by atoms with Crippen molar-refractivity contribution in [2.75, 3.05) is 6.61 Å². The Labute approximate surface area is 154 Å². The van der Waals surface area contributed by atoms with Gasteiger partial charge in [-0.3, -0.25) is 9.59 Å². The van der Waals surface area contributed by atoms with Crippen LogP contribution in [0.4, 0.5) is 0 Å². The van der Waals surface area contributed by atoms with Gasteiger partial charge in [0.25, 0.3) is 5.91 Å². The van der Waals surface area contributed by atoms with E-state index in [0.717, 1.165) is 11.1 Å². The first-order valence-electron chi connectivity index (χ1n) is 8.64. The molecule has 0 aliphatic rings. The van der Waals surface area contributed by atoms with Crippen LogP contribution in [0.2, 0.25) is 0 Å². The van der Waals surface area contributed by atoms with Gasteiger partial charge in [-0.1, -0.05) is 56.3 Å². The number of hydrogen-bond donors (Lipinski definition) is 2. The van der Waals surface area contributed by atoms with Gasteiger partial charge in [-0.25, -0.2) is 0 Å². The number of nitrogens with two attached hydrogens (primary N) is 1. The molecule has 0 spiro atoms. The summed E-state index contributed by atoms with van der Waals surface area (Å²) in [5, 5.41) is 2.70. The minimum Gasteiger partial charge on any atom is -0.483 e. The molecule has 3 N–H and O–H groups in total. The molecule has 1 atom stereocenters. The maximum Gasteiger partial charge on any atom is 0.259 e. The lowest BCUT2D eigenvalue weighted by Crippen LogP contribution is -2.53. The minimum atomic E-state index is -1.30. The third-order valence-corrected chi connectivity index (χ3v) is 4.38. The molecule has 0 radical (unpaired) electrons. The molecule has 0 heterocycles. The topological polar surface area (TPSA) is 81.4 Å². The van der Waals surface area contributed by atoms with Crippen LogP contribution >= 0.6 is 0 Å². The molecular formula is C21H26N2O3. The molecule has 0 aromatic heterocycles. The van der Waals surface area contributed by atoms with Gasteiger partial charge in [-0.15, -0.1) is 0 Å². The van der Waals surface area contributed by atoms with Crippen molar-refractivity contribution in [2.45, 2.75) is 39.2 Å². The van der Waals surface area contributed by atoms with Crippen LogP contribution < -0.4 is 15.8 Å². The highest BCUT2D eigenvalue weighted by Gasteiger charge is 2.34. The average Bonchev–Trinajstić information content (AvgIpc) is 2.60. The number of primary amides is 1. The van der Waals surface area contributed by atoms with Gasteiger partial charge in [0.15, 0.2) is 6.61 Å². The van der Waals surface area contributed by atoms with Gasteiger partial charge in [-0.2, -0.15) is 0 Å². The largest absolute Gasteiger partial charge is 0.483 e. The highest BCUT2D eigenvalue weighted by atomic mass is 16.5. The van der Waals surface area contributed by atoms with Crippen LogP contribution in [0.5, 0.6) is 5.75 Å². The number of hydrogen-bond acceptors (Lipinski definition) is 3. The lowest BCUT2D eigenvalue weighted by Gasteiger charge is -2.28. The van der Waals surface area contributed by atoms with E-state index in [2.05, 4.69) is 19.2 Å². The number of aryl methyl sites for hydroxylation is 1. The van der Waals surface area contributed by atoms with Crippen LogP contribution in [0.1, 0.15) is 43.4 Å². The van der Waals surface area contributed by atoms with Gasteiger partial charge in [0.2, 0.25) is 5.91 Å². The summed E-state index contributed by atoms with van der Waals surface area (Å²) < 4.78 is 5.74. The highest BCUT2D eigenvalue weighted by Crippen LogP contribution is 2.27. The summed E-state index contributed by atoms with van der Waals surface area (Å²) >= 11 is 0. The van der Waals surface area contributed by atoms with Gasteiger partial charge >= 0.3 is 0 Å². The lowest BCUT2D eigenvalue weighted by atomic mass is 9.91. The van der Waals surface area contributed by atoms with Crippen molar-refractivity contribution in [3.63, 3.8) is 0 Å². The Balaban J connectivity index is 2.13. The summed E-state index contributed by atoms with van der Waals surface area (Å²) in [6.07, 6.45) is 0. The first-order chi connectivity index (χ1) is 12.2. The van der Waals surface area contributed by atoms with Crippen LogP contribution in [0.15, 0.2) is 48.5 Å². The number of amides is 2. The smallest absolute Gasteiger partial charge is 0.259 e. The fourth-order valence-electron chi connectivity index (χ4n) is 2.75. The van der Waals surface area contributed by atoms with Gasteiger partial charge in [0.05, 0.1) is 0 Å². The van der Waals surface area contributed by atoms with Gasteiger partial charge in [-0.05, 0) is 42.5 Å². The summed E-state index contributed by atoms with van der Waals surface area (Å²) in [6.45, 7) is 7.50. The van der Waals surface area contributed by atoms with E-state index in [9.17, 15) is 9.59 Å². The Kier molecular flexibility index (Phi) is 6.03. The molecule has 138 valence electrons. The van der Waals surface area contributed by atoms with E-state index in [1.165, 1.54) is 0 Å². The van der Waals surface area contributed by atoms with E-state index in [1.807, 2.05) is 31.2 Å². The molecule has 5 heteroatoms. The predicted octanol–water partition coefficient (Wildman–Crippen LogP) is 3.01. The second-order valence-electron chi connectivity index (χ2n) is 6.89. The Hall–Kier alpha value is -2.82. The van der Waals surface area contributed by atoms with E-state index in [4.69, 9.17) is 10.5 Å². The standard InChI is InChI=1S/C21H26N2O3/c1-14(2)17-11-10-15(3)12-18(17)26-13-19(24)23-21(4,20(22)25)16-8-6-5-7-9-16/h5-12,14H,13H2,1-4H3,(H2,22,25)(H,23,24)/t21-/m1/s1.